The molecule has 1 aliphatic rings. The summed E-state index contributed by atoms with van der Waals surface area (Å²) in [6.07, 6.45) is 1.04. The standard InChI is InChI=1S/C22H26ClN3O4S/c1-3-25(4-2)22(28)16-7-11-18(12-8-16)24-21(27)20-6-5-15-26(20)31(29,30)19-13-9-17(23)10-14-19/h7-14,20H,3-6,15H2,1-2H3,(H,24,27). The van der Waals surface area contributed by atoms with E-state index in [0.29, 0.717) is 42.2 Å². The fraction of sp³-hybridized carbons (Fsp3) is 0.364. The molecule has 0 radical (unpaired) electrons. The van der Waals surface area contributed by atoms with Crippen LogP contribution >= 0.6 is 11.6 Å². The summed E-state index contributed by atoms with van der Waals surface area (Å²) in [5.41, 5.74) is 1.05. The fourth-order valence-electron chi connectivity index (χ4n) is 3.65. The second kappa shape index (κ2) is 9.80. The second-order valence-corrected chi connectivity index (χ2v) is 9.60. The molecule has 166 valence electrons. The number of nitrogens with one attached hydrogen (secondary N) is 1. The minimum atomic E-state index is -3.81. The molecule has 1 aliphatic heterocycles. The van der Waals surface area contributed by atoms with E-state index in [9.17, 15) is 18.0 Å². The second-order valence-electron chi connectivity index (χ2n) is 7.27. The highest BCUT2D eigenvalue weighted by Crippen LogP contribution is 2.28. The number of hydrogen-bond acceptors (Lipinski definition) is 4. The third kappa shape index (κ3) is 5.08. The summed E-state index contributed by atoms with van der Waals surface area (Å²) >= 11 is 5.86. The average molecular weight is 464 g/mol. The Hall–Kier alpha value is -2.42. The van der Waals surface area contributed by atoms with Gasteiger partial charge in [0.15, 0.2) is 0 Å². The van der Waals surface area contributed by atoms with Crippen molar-refractivity contribution in [2.45, 2.75) is 37.6 Å². The maximum atomic E-state index is 13.0. The molecule has 1 saturated heterocycles. The van der Waals surface area contributed by atoms with Gasteiger partial charge in [-0.1, -0.05) is 11.6 Å². The molecule has 0 aliphatic carbocycles. The van der Waals surface area contributed by atoms with Crippen LogP contribution in [0, 0.1) is 0 Å². The van der Waals surface area contributed by atoms with Crippen LogP contribution in [0.5, 0.6) is 0 Å². The maximum absolute atomic E-state index is 13.0. The molecule has 2 amide bonds. The number of benzene rings is 2. The first-order valence-corrected chi connectivity index (χ1v) is 12.1. The van der Waals surface area contributed by atoms with E-state index in [-0.39, 0.29) is 17.3 Å². The predicted octanol–water partition coefficient (Wildman–Crippen LogP) is 3.61. The van der Waals surface area contributed by atoms with Gasteiger partial charge < -0.3 is 10.2 Å². The number of nitrogens with zero attached hydrogens (tertiary/aromatic N) is 2. The Morgan fingerprint density at radius 3 is 2.26 bits per heavy atom. The lowest BCUT2D eigenvalue weighted by molar-refractivity contribution is -0.119. The van der Waals surface area contributed by atoms with Gasteiger partial charge in [0.05, 0.1) is 4.90 Å². The van der Waals surface area contributed by atoms with Gasteiger partial charge in [-0.3, -0.25) is 9.59 Å². The van der Waals surface area contributed by atoms with Gasteiger partial charge in [0.1, 0.15) is 6.04 Å². The lowest BCUT2D eigenvalue weighted by Gasteiger charge is -2.23. The molecule has 9 heteroatoms. The average Bonchev–Trinajstić information content (AvgIpc) is 3.26. The number of carbonyl (C=O) groups excluding carboxylic acids is 2. The lowest BCUT2D eigenvalue weighted by atomic mass is 10.1. The number of halogens is 1. The van der Waals surface area contributed by atoms with Gasteiger partial charge in [0, 0.05) is 35.9 Å². The Bertz CT molecular complexity index is 1040. The van der Waals surface area contributed by atoms with Crippen LogP contribution in [0.1, 0.15) is 37.0 Å². The fourth-order valence-corrected chi connectivity index (χ4v) is 5.43. The highest BCUT2D eigenvalue weighted by molar-refractivity contribution is 7.89. The summed E-state index contributed by atoms with van der Waals surface area (Å²) in [5, 5.41) is 3.22. The molecule has 2 aromatic carbocycles. The summed E-state index contributed by atoms with van der Waals surface area (Å²) in [6, 6.07) is 11.7. The zero-order valence-electron chi connectivity index (χ0n) is 17.5. The molecule has 0 aromatic heterocycles. The normalized spacial score (nSPS) is 16.8. The van der Waals surface area contributed by atoms with Gasteiger partial charge in [0.25, 0.3) is 5.91 Å². The molecule has 7 nitrogen and oxygen atoms in total. The van der Waals surface area contributed by atoms with Crippen molar-refractivity contribution in [3.63, 3.8) is 0 Å². The van der Waals surface area contributed by atoms with E-state index in [0.717, 1.165) is 0 Å². The van der Waals surface area contributed by atoms with E-state index < -0.39 is 22.0 Å². The third-order valence-electron chi connectivity index (χ3n) is 5.38. The van der Waals surface area contributed by atoms with Crippen LogP contribution in [0.3, 0.4) is 0 Å². The van der Waals surface area contributed by atoms with Gasteiger partial charge >= 0.3 is 0 Å². The molecule has 1 atom stereocenters. The molecule has 1 N–H and O–H groups in total. The molecule has 1 heterocycles. The number of sulfonamides is 1. The molecule has 1 unspecified atom stereocenters. The topological polar surface area (TPSA) is 86.8 Å². The number of rotatable bonds is 7. The molecular weight excluding hydrogens is 438 g/mol. The Morgan fingerprint density at radius 2 is 1.68 bits per heavy atom. The van der Waals surface area contributed by atoms with Gasteiger partial charge in [-0.2, -0.15) is 4.31 Å². The van der Waals surface area contributed by atoms with Crippen LogP contribution < -0.4 is 5.32 Å². The Kier molecular flexibility index (Phi) is 7.35. The molecule has 3 rings (SSSR count). The van der Waals surface area contributed by atoms with E-state index >= 15 is 0 Å². The number of anilines is 1. The van der Waals surface area contributed by atoms with Crippen molar-refractivity contribution >= 4 is 39.1 Å². The van der Waals surface area contributed by atoms with Crippen LogP contribution in [-0.4, -0.2) is 55.1 Å². The van der Waals surface area contributed by atoms with Gasteiger partial charge in [-0.05, 0) is 75.2 Å². The van der Waals surface area contributed by atoms with Crippen molar-refractivity contribution in [2.24, 2.45) is 0 Å². The quantitative estimate of drug-likeness (QED) is 0.679. The van der Waals surface area contributed by atoms with E-state index in [2.05, 4.69) is 5.32 Å². The van der Waals surface area contributed by atoms with Crippen molar-refractivity contribution < 1.29 is 18.0 Å². The Labute approximate surface area is 188 Å². The predicted molar refractivity (Wildman–Crippen MR) is 121 cm³/mol. The Balaban J connectivity index is 1.72. The minimum absolute atomic E-state index is 0.0705. The van der Waals surface area contributed by atoms with Crippen molar-refractivity contribution in [1.29, 1.82) is 0 Å². The third-order valence-corrected chi connectivity index (χ3v) is 7.55. The van der Waals surface area contributed by atoms with Crippen molar-refractivity contribution in [1.82, 2.24) is 9.21 Å². The zero-order valence-corrected chi connectivity index (χ0v) is 19.1. The summed E-state index contributed by atoms with van der Waals surface area (Å²) in [4.78, 5) is 27.1. The van der Waals surface area contributed by atoms with Crippen LogP contribution in [0.4, 0.5) is 5.69 Å². The number of hydrogen-bond donors (Lipinski definition) is 1. The van der Waals surface area contributed by atoms with Crippen LogP contribution in [-0.2, 0) is 14.8 Å². The van der Waals surface area contributed by atoms with Gasteiger partial charge in [-0.25, -0.2) is 8.42 Å². The van der Waals surface area contributed by atoms with E-state index in [4.69, 9.17) is 11.6 Å². The highest BCUT2D eigenvalue weighted by atomic mass is 35.5. The molecule has 1 fully saturated rings. The maximum Gasteiger partial charge on any atom is 0.253 e. The SMILES string of the molecule is CCN(CC)C(=O)c1ccc(NC(=O)C2CCCN2S(=O)(=O)c2ccc(Cl)cc2)cc1. The molecular formula is C22H26ClN3O4S. The summed E-state index contributed by atoms with van der Waals surface area (Å²) in [5.74, 6) is -0.461. The molecule has 31 heavy (non-hydrogen) atoms. The smallest absolute Gasteiger partial charge is 0.253 e. The van der Waals surface area contributed by atoms with Crippen molar-refractivity contribution in [2.75, 3.05) is 25.0 Å². The van der Waals surface area contributed by atoms with E-state index in [1.165, 1.54) is 28.6 Å². The van der Waals surface area contributed by atoms with Crippen molar-refractivity contribution in [3.05, 3.63) is 59.1 Å². The first-order chi connectivity index (χ1) is 14.8. The molecule has 0 bridgehead atoms. The highest BCUT2D eigenvalue weighted by Gasteiger charge is 2.39. The zero-order chi connectivity index (χ0) is 22.6. The molecule has 2 aromatic rings. The number of amides is 2. The minimum Gasteiger partial charge on any atom is -0.339 e. The Morgan fingerprint density at radius 1 is 1.06 bits per heavy atom. The first-order valence-electron chi connectivity index (χ1n) is 10.3. The van der Waals surface area contributed by atoms with Crippen molar-refractivity contribution in [3.8, 4) is 0 Å². The van der Waals surface area contributed by atoms with Gasteiger partial charge in [-0.15, -0.1) is 0 Å². The van der Waals surface area contributed by atoms with E-state index in [1.807, 2.05) is 13.8 Å². The van der Waals surface area contributed by atoms with E-state index in [1.54, 1.807) is 29.2 Å². The summed E-state index contributed by atoms with van der Waals surface area (Å²) in [6.45, 7) is 5.35. The molecule has 0 spiro atoms. The van der Waals surface area contributed by atoms with Crippen LogP contribution in [0.25, 0.3) is 0 Å². The summed E-state index contributed by atoms with van der Waals surface area (Å²) in [7, 11) is -3.81. The van der Waals surface area contributed by atoms with Crippen LogP contribution in [0.2, 0.25) is 5.02 Å². The lowest BCUT2D eigenvalue weighted by Crippen LogP contribution is -2.43. The summed E-state index contributed by atoms with van der Waals surface area (Å²) < 4.78 is 27.3. The monoisotopic (exact) mass is 463 g/mol. The largest absolute Gasteiger partial charge is 0.339 e. The molecule has 0 saturated carbocycles. The van der Waals surface area contributed by atoms with Crippen LogP contribution in [0.15, 0.2) is 53.4 Å². The van der Waals surface area contributed by atoms with Gasteiger partial charge in [0.2, 0.25) is 15.9 Å². The first kappa shape index (κ1) is 23.2. The number of carbonyl (C=O) groups is 2.